The van der Waals surface area contributed by atoms with Gasteiger partial charge in [0.05, 0.1) is 22.2 Å². The maximum absolute atomic E-state index is 5.17. The van der Waals surface area contributed by atoms with Crippen molar-refractivity contribution in [2.45, 2.75) is 0 Å². The molecule has 0 aliphatic heterocycles. The van der Waals surface area contributed by atoms with Gasteiger partial charge in [0, 0.05) is 27.4 Å². The zero-order valence-electron chi connectivity index (χ0n) is 21.3. The van der Waals surface area contributed by atoms with E-state index in [0.717, 1.165) is 22.5 Å². The Bertz CT molecular complexity index is 2100. The highest BCUT2D eigenvalue weighted by Gasteiger charge is 2.14. The molecule has 0 bridgehead atoms. The van der Waals surface area contributed by atoms with Crippen molar-refractivity contribution in [3.63, 3.8) is 0 Å². The summed E-state index contributed by atoms with van der Waals surface area (Å²) in [5.74, 6) is 0. The number of nitrogens with zero attached hydrogens (tertiary/aromatic N) is 2. The van der Waals surface area contributed by atoms with E-state index in [1.807, 2.05) is 0 Å². The standard InChI is InChI=1S/C37H24N2/c1-2-10-25(11-3-1)32-24-34(38-33-23-20-26-12-4-5-13-29(26)37(32)33)27-18-21-28(22-19-27)39-35-16-8-6-14-30(35)31-15-7-9-17-36(31)39/h1-24H. The molecule has 0 saturated heterocycles. The fourth-order valence-electron chi connectivity index (χ4n) is 5.98. The third kappa shape index (κ3) is 3.46. The van der Waals surface area contributed by atoms with E-state index >= 15 is 0 Å². The van der Waals surface area contributed by atoms with Gasteiger partial charge in [0.25, 0.3) is 0 Å². The van der Waals surface area contributed by atoms with Crippen molar-refractivity contribution in [2.24, 2.45) is 0 Å². The molecule has 0 N–H and O–H groups in total. The summed E-state index contributed by atoms with van der Waals surface area (Å²) in [6.45, 7) is 0. The minimum Gasteiger partial charge on any atom is -0.309 e. The maximum Gasteiger partial charge on any atom is 0.0722 e. The lowest BCUT2D eigenvalue weighted by atomic mass is 9.94. The van der Waals surface area contributed by atoms with Crippen molar-refractivity contribution in [3.8, 4) is 28.1 Å². The van der Waals surface area contributed by atoms with Crippen molar-refractivity contribution in [1.29, 1.82) is 0 Å². The van der Waals surface area contributed by atoms with E-state index in [1.54, 1.807) is 0 Å². The molecule has 0 amide bonds. The van der Waals surface area contributed by atoms with Crippen molar-refractivity contribution in [2.75, 3.05) is 0 Å². The fraction of sp³-hybridized carbons (Fsp3) is 0. The Morgan fingerprint density at radius 3 is 1.79 bits per heavy atom. The van der Waals surface area contributed by atoms with Crippen LogP contribution < -0.4 is 0 Å². The fourth-order valence-corrected chi connectivity index (χ4v) is 5.98. The van der Waals surface area contributed by atoms with E-state index in [0.29, 0.717) is 0 Å². The molecular weight excluding hydrogens is 472 g/mol. The van der Waals surface area contributed by atoms with Crippen LogP contribution in [0.15, 0.2) is 146 Å². The van der Waals surface area contributed by atoms with Gasteiger partial charge in [0.1, 0.15) is 0 Å². The van der Waals surface area contributed by atoms with Gasteiger partial charge in [-0.25, -0.2) is 4.98 Å². The molecule has 182 valence electrons. The predicted octanol–water partition coefficient (Wildman–Crippen LogP) is 9.82. The van der Waals surface area contributed by atoms with E-state index in [4.69, 9.17) is 4.98 Å². The van der Waals surface area contributed by atoms with Gasteiger partial charge in [0.2, 0.25) is 0 Å². The highest BCUT2D eigenvalue weighted by atomic mass is 15.0. The Morgan fingerprint density at radius 1 is 0.462 bits per heavy atom. The van der Waals surface area contributed by atoms with E-state index in [-0.39, 0.29) is 0 Å². The summed E-state index contributed by atoms with van der Waals surface area (Å²) >= 11 is 0. The van der Waals surface area contributed by atoms with Gasteiger partial charge in [0.15, 0.2) is 0 Å². The van der Waals surface area contributed by atoms with Crippen LogP contribution in [0.25, 0.3) is 71.6 Å². The second-order valence-corrected chi connectivity index (χ2v) is 10.0. The smallest absolute Gasteiger partial charge is 0.0722 e. The van der Waals surface area contributed by atoms with Crippen molar-refractivity contribution in [3.05, 3.63) is 146 Å². The third-order valence-corrected chi connectivity index (χ3v) is 7.78. The normalized spacial score (nSPS) is 11.6. The first-order valence-electron chi connectivity index (χ1n) is 13.3. The van der Waals surface area contributed by atoms with Gasteiger partial charge in [-0.15, -0.1) is 0 Å². The van der Waals surface area contributed by atoms with Crippen LogP contribution in [-0.4, -0.2) is 9.55 Å². The number of fused-ring (bicyclic) bond motifs is 6. The van der Waals surface area contributed by atoms with Crippen LogP contribution in [0.5, 0.6) is 0 Å². The highest BCUT2D eigenvalue weighted by molar-refractivity contribution is 6.14. The topological polar surface area (TPSA) is 17.8 Å². The van der Waals surface area contributed by atoms with E-state index < -0.39 is 0 Å². The number of hydrogen-bond acceptors (Lipinski definition) is 1. The third-order valence-electron chi connectivity index (χ3n) is 7.78. The quantitative estimate of drug-likeness (QED) is 0.223. The molecule has 8 rings (SSSR count). The largest absolute Gasteiger partial charge is 0.309 e. The summed E-state index contributed by atoms with van der Waals surface area (Å²) in [5, 5.41) is 6.20. The average Bonchev–Trinajstić information content (AvgIpc) is 3.35. The molecule has 0 aliphatic carbocycles. The number of para-hydroxylation sites is 2. The van der Waals surface area contributed by atoms with Gasteiger partial charge in [-0.2, -0.15) is 0 Å². The second-order valence-electron chi connectivity index (χ2n) is 10.0. The Balaban J connectivity index is 1.32. The molecule has 0 unspecified atom stereocenters. The van der Waals surface area contributed by atoms with Crippen LogP contribution in [0.2, 0.25) is 0 Å². The minimum absolute atomic E-state index is 0.977. The number of aromatic nitrogens is 2. The average molecular weight is 497 g/mol. The molecule has 0 saturated carbocycles. The molecule has 6 aromatic carbocycles. The lowest BCUT2D eigenvalue weighted by Crippen LogP contribution is -1.94. The van der Waals surface area contributed by atoms with Gasteiger partial charge < -0.3 is 4.57 Å². The van der Waals surface area contributed by atoms with Crippen molar-refractivity contribution >= 4 is 43.5 Å². The molecule has 0 radical (unpaired) electrons. The first kappa shape index (κ1) is 21.8. The second kappa shape index (κ2) is 8.68. The van der Waals surface area contributed by atoms with E-state index in [2.05, 4.69) is 150 Å². The minimum atomic E-state index is 0.977. The molecule has 0 aliphatic rings. The first-order valence-corrected chi connectivity index (χ1v) is 13.3. The Morgan fingerprint density at radius 2 is 1.08 bits per heavy atom. The molecule has 2 heteroatoms. The molecule has 0 fully saturated rings. The van der Waals surface area contributed by atoms with Crippen LogP contribution in [-0.2, 0) is 0 Å². The molecule has 0 atom stereocenters. The zero-order valence-corrected chi connectivity index (χ0v) is 21.3. The SMILES string of the molecule is c1ccc(-c2cc(-c3ccc(-n4c5ccccc5c5ccccc54)cc3)nc3ccc4ccccc4c23)cc1. The van der Waals surface area contributed by atoms with Crippen LogP contribution in [0, 0.1) is 0 Å². The lowest BCUT2D eigenvalue weighted by Gasteiger charge is -2.14. The number of hydrogen-bond donors (Lipinski definition) is 0. The van der Waals surface area contributed by atoms with Crippen LogP contribution >= 0.6 is 0 Å². The van der Waals surface area contributed by atoms with Crippen LogP contribution in [0.1, 0.15) is 0 Å². The highest BCUT2D eigenvalue weighted by Crippen LogP contribution is 2.37. The molecule has 2 aromatic heterocycles. The predicted molar refractivity (Wildman–Crippen MR) is 164 cm³/mol. The van der Waals surface area contributed by atoms with Crippen LogP contribution in [0.3, 0.4) is 0 Å². The van der Waals surface area contributed by atoms with Gasteiger partial charge in [-0.1, -0.05) is 109 Å². The number of rotatable bonds is 3. The summed E-state index contributed by atoms with van der Waals surface area (Å²) < 4.78 is 2.35. The summed E-state index contributed by atoms with van der Waals surface area (Å²) in [7, 11) is 0. The van der Waals surface area contributed by atoms with Gasteiger partial charge in [-0.05, 0) is 58.3 Å². The summed E-state index contributed by atoms with van der Waals surface area (Å²) in [5.41, 5.74) is 9.07. The van der Waals surface area contributed by atoms with Crippen molar-refractivity contribution < 1.29 is 0 Å². The molecule has 8 aromatic rings. The molecule has 39 heavy (non-hydrogen) atoms. The van der Waals surface area contributed by atoms with Gasteiger partial charge in [-0.3, -0.25) is 0 Å². The lowest BCUT2D eigenvalue weighted by molar-refractivity contribution is 1.18. The van der Waals surface area contributed by atoms with Crippen molar-refractivity contribution in [1.82, 2.24) is 9.55 Å². The first-order chi connectivity index (χ1) is 19.3. The Kier molecular flexibility index (Phi) is 4.86. The summed E-state index contributed by atoms with van der Waals surface area (Å²) in [6.07, 6.45) is 0. The Labute approximate surface area is 226 Å². The molecule has 2 heterocycles. The number of benzene rings is 6. The summed E-state index contributed by atoms with van der Waals surface area (Å²) in [4.78, 5) is 5.17. The van der Waals surface area contributed by atoms with Crippen LogP contribution in [0.4, 0.5) is 0 Å². The van der Waals surface area contributed by atoms with Gasteiger partial charge >= 0.3 is 0 Å². The Hall–Kier alpha value is -5.21. The molecule has 2 nitrogen and oxygen atoms in total. The zero-order chi connectivity index (χ0) is 25.8. The molecule has 0 spiro atoms. The summed E-state index contributed by atoms with van der Waals surface area (Å²) in [6, 6.07) is 51.9. The van der Waals surface area contributed by atoms with E-state index in [1.165, 1.54) is 49.1 Å². The number of pyridine rings is 1. The molecular formula is C37H24N2. The maximum atomic E-state index is 5.17. The monoisotopic (exact) mass is 496 g/mol. The van der Waals surface area contributed by atoms with E-state index in [9.17, 15) is 0 Å².